The number of aryl methyl sites for hydroxylation is 1. The summed E-state index contributed by atoms with van der Waals surface area (Å²) in [5.74, 6) is -0.214. The van der Waals surface area contributed by atoms with Gasteiger partial charge in [-0.15, -0.1) is 0 Å². The number of carbonyl (C=O) groups is 2. The third-order valence-corrected chi connectivity index (χ3v) is 4.47. The Morgan fingerprint density at radius 3 is 2.50 bits per heavy atom. The molecule has 0 saturated carbocycles. The molecular weight excluding hydrogens is 296 g/mol. The first kappa shape index (κ1) is 14.7. The van der Waals surface area contributed by atoms with Crippen LogP contribution in [0.3, 0.4) is 0 Å². The zero-order valence-corrected chi connectivity index (χ0v) is 13.3. The second-order valence-electron chi connectivity index (χ2n) is 5.06. The first-order valence-electron chi connectivity index (χ1n) is 7.10. The van der Waals surface area contributed by atoms with E-state index in [0.29, 0.717) is 11.4 Å². The van der Waals surface area contributed by atoms with E-state index in [4.69, 9.17) is 0 Å². The van der Waals surface area contributed by atoms with Crippen molar-refractivity contribution in [2.24, 2.45) is 0 Å². The van der Waals surface area contributed by atoms with Gasteiger partial charge in [-0.25, -0.2) is 0 Å². The molecule has 1 aliphatic rings. The van der Waals surface area contributed by atoms with Crippen molar-refractivity contribution in [1.82, 2.24) is 9.47 Å². The summed E-state index contributed by atoms with van der Waals surface area (Å²) in [5.41, 5.74) is 3.10. The van der Waals surface area contributed by atoms with Gasteiger partial charge >= 0.3 is 0 Å². The number of aromatic nitrogens is 1. The summed E-state index contributed by atoms with van der Waals surface area (Å²) >= 11 is 0.996. The lowest BCUT2D eigenvalue weighted by Crippen LogP contribution is -2.27. The molecule has 1 fully saturated rings. The molecule has 1 aromatic heterocycles. The van der Waals surface area contributed by atoms with Crippen LogP contribution in [0.2, 0.25) is 0 Å². The molecule has 112 valence electrons. The van der Waals surface area contributed by atoms with Gasteiger partial charge in [-0.3, -0.25) is 14.5 Å². The fourth-order valence-corrected chi connectivity index (χ4v) is 3.25. The lowest BCUT2D eigenvalue weighted by Gasteiger charge is -2.08. The molecule has 0 N–H and O–H groups in total. The third-order valence-electron chi connectivity index (χ3n) is 3.56. The number of imide groups is 1. The lowest BCUT2D eigenvalue weighted by atomic mass is 10.2. The summed E-state index contributed by atoms with van der Waals surface area (Å²) in [6.07, 6.45) is 3.72. The molecule has 2 amide bonds. The maximum atomic E-state index is 12.2. The average Bonchev–Trinajstić information content (AvgIpc) is 3.06. The Kier molecular flexibility index (Phi) is 3.90. The summed E-state index contributed by atoms with van der Waals surface area (Å²) in [5, 5.41) is -0.202. The van der Waals surface area contributed by atoms with Crippen LogP contribution >= 0.6 is 11.8 Å². The Labute approximate surface area is 133 Å². The van der Waals surface area contributed by atoms with E-state index in [9.17, 15) is 9.59 Å². The zero-order chi connectivity index (χ0) is 15.7. The van der Waals surface area contributed by atoms with Crippen molar-refractivity contribution in [3.8, 4) is 5.69 Å². The minimum atomic E-state index is -0.214. The predicted molar refractivity (Wildman–Crippen MR) is 88.9 cm³/mol. The largest absolute Gasteiger partial charge is 0.317 e. The lowest BCUT2D eigenvalue weighted by molar-refractivity contribution is -0.122. The molecule has 22 heavy (non-hydrogen) atoms. The Hall–Kier alpha value is -2.27. The molecule has 1 aliphatic heterocycles. The van der Waals surface area contributed by atoms with Gasteiger partial charge in [0, 0.05) is 24.1 Å². The van der Waals surface area contributed by atoms with E-state index in [1.807, 2.05) is 54.1 Å². The van der Waals surface area contributed by atoms with E-state index in [2.05, 4.69) is 0 Å². The van der Waals surface area contributed by atoms with Crippen LogP contribution in [-0.4, -0.2) is 27.2 Å². The molecule has 0 radical (unpaired) electrons. The molecule has 2 heterocycles. The van der Waals surface area contributed by atoms with Gasteiger partial charge < -0.3 is 4.57 Å². The zero-order valence-electron chi connectivity index (χ0n) is 12.4. The number of nitrogens with zero attached hydrogens (tertiary/aromatic N) is 2. The van der Waals surface area contributed by atoms with E-state index in [1.165, 1.54) is 10.5 Å². The van der Waals surface area contributed by atoms with Crippen LogP contribution in [0.4, 0.5) is 4.79 Å². The summed E-state index contributed by atoms with van der Waals surface area (Å²) in [4.78, 5) is 25.7. The number of carbonyl (C=O) groups excluding carboxylic acids is 2. The molecule has 5 heteroatoms. The minimum absolute atomic E-state index is 0.202. The van der Waals surface area contributed by atoms with Crippen molar-refractivity contribution in [1.29, 1.82) is 0 Å². The highest BCUT2D eigenvalue weighted by Gasteiger charge is 2.33. The van der Waals surface area contributed by atoms with Crippen molar-refractivity contribution in [2.45, 2.75) is 13.8 Å². The van der Waals surface area contributed by atoms with Crippen LogP contribution in [0.25, 0.3) is 11.8 Å². The van der Waals surface area contributed by atoms with Gasteiger partial charge in [0.25, 0.3) is 11.1 Å². The first-order valence-corrected chi connectivity index (χ1v) is 7.91. The molecular formula is C17H16N2O2S. The van der Waals surface area contributed by atoms with Crippen LogP contribution in [0.15, 0.2) is 47.5 Å². The molecule has 0 atom stereocenters. The summed E-state index contributed by atoms with van der Waals surface area (Å²) in [6.45, 7) is 4.25. The standard InChI is InChI=1S/C17H16N2O2S/c1-3-18-16(20)15(22-17(18)21)11-14-5-4-10-19(14)13-8-6-12(2)7-9-13/h4-11H,3H2,1-2H3/b15-11+. The monoisotopic (exact) mass is 312 g/mol. The van der Waals surface area contributed by atoms with Crippen molar-refractivity contribution in [3.63, 3.8) is 0 Å². The Bertz CT molecular complexity index is 759. The van der Waals surface area contributed by atoms with Gasteiger partial charge in [-0.2, -0.15) is 0 Å². The van der Waals surface area contributed by atoms with Gasteiger partial charge in [-0.05, 0) is 56.0 Å². The highest BCUT2D eigenvalue weighted by atomic mass is 32.2. The minimum Gasteiger partial charge on any atom is -0.317 e. The molecule has 1 saturated heterocycles. The maximum absolute atomic E-state index is 12.2. The van der Waals surface area contributed by atoms with Crippen LogP contribution < -0.4 is 0 Å². The van der Waals surface area contributed by atoms with E-state index < -0.39 is 0 Å². The molecule has 0 bridgehead atoms. The second kappa shape index (κ2) is 5.85. The van der Waals surface area contributed by atoms with Gasteiger partial charge in [0.2, 0.25) is 0 Å². The summed E-state index contributed by atoms with van der Waals surface area (Å²) in [7, 11) is 0. The molecule has 4 nitrogen and oxygen atoms in total. The van der Waals surface area contributed by atoms with Crippen molar-refractivity contribution in [2.75, 3.05) is 6.54 Å². The quantitative estimate of drug-likeness (QED) is 0.809. The molecule has 0 aliphatic carbocycles. The second-order valence-corrected chi connectivity index (χ2v) is 6.06. The normalized spacial score (nSPS) is 16.8. The van der Waals surface area contributed by atoms with Crippen LogP contribution in [0, 0.1) is 6.92 Å². The van der Waals surface area contributed by atoms with Crippen LogP contribution in [0.5, 0.6) is 0 Å². The fraction of sp³-hybridized carbons (Fsp3) is 0.176. The Morgan fingerprint density at radius 1 is 1.14 bits per heavy atom. The van der Waals surface area contributed by atoms with Crippen LogP contribution in [-0.2, 0) is 4.79 Å². The van der Waals surface area contributed by atoms with Crippen LogP contribution in [0.1, 0.15) is 18.2 Å². The highest BCUT2D eigenvalue weighted by Crippen LogP contribution is 2.32. The molecule has 2 aromatic rings. The topological polar surface area (TPSA) is 42.3 Å². The first-order chi connectivity index (χ1) is 10.6. The number of amides is 2. The smallest absolute Gasteiger partial charge is 0.293 e. The van der Waals surface area contributed by atoms with E-state index in [-0.39, 0.29) is 11.1 Å². The van der Waals surface area contributed by atoms with Crippen molar-refractivity contribution in [3.05, 3.63) is 58.8 Å². The number of benzene rings is 1. The van der Waals surface area contributed by atoms with Crippen molar-refractivity contribution < 1.29 is 9.59 Å². The number of thioether (sulfide) groups is 1. The van der Waals surface area contributed by atoms with Gasteiger partial charge in [0.15, 0.2) is 0 Å². The fourth-order valence-electron chi connectivity index (χ4n) is 2.36. The molecule has 1 aromatic carbocycles. The summed E-state index contributed by atoms with van der Waals surface area (Å²) < 4.78 is 2.00. The number of hydrogen-bond acceptors (Lipinski definition) is 3. The maximum Gasteiger partial charge on any atom is 0.293 e. The molecule has 3 rings (SSSR count). The predicted octanol–water partition coefficient (Wildman–Crippen LogP) is 3.84. The number of rotatable bonds is 3. The highest BCUT2D eigenvalue weighted by molar-refractivity contribution is 8.18. The number of hydrogen-bond donors (Lipinski definition) is 0. The molecule has 0 spiro atoms. The summed E-state index contributed by atoms with van der Waals surface area (Å²) in [6, 6.07) is 12.0. The Balaban J connectivity index is 1.96. The van der Waals surface area contributed by atoms with E-state index in [0.717, 1.165) is 23.1 Å². The Morgan fingerprint density at radius 2 is 1.86 bits per heavy atom. The van der Waals surface area contributed by atoms with Crippen molar-refractivity contribution >= 4 is 29.0 Å². The van der Waals surface area contributed by atoms with E-state index in [1.54, 1.807) is 13.0 Å². The van der Waals surface area contributed by atoms with Gasteiger partial charge in [0.05, 0.1) is 4.91 Å². The molecule has 0 unspecified atom stereocenters. The van der Waals surface area contributed by atoms with E-state index >= 15 is 0 Å². The number of likely N-dealkylation sites (N-methyl/N-ethyl adjacent to an activating group) is 1. The average molecular weight is 312 g/mol. The third kappa shape index (κ3) is 2.60. The van der Waals surface area contributed by atoms with Gasteiger partial charge in [0.1, 0.15) is 0 Å². The SMILES string of the molecule is CCN1C(=O)S/C(=C/c2cccn2-c2ccc(C)cc2)C1=O. The van der Waals surface area contributed by atoms with Gasteiger partial charge in [-0.1, -0.05) is 17.7 Å².